The molecule has 0 aliphatic heterocycles. The maximum atomic E-state index is 5.93. The molecule has 0 aliphatic carbocycles. The molecule has 0 spiro atoms. The molecule has 0 bridgehead atoms. The first-order chi connectivity index (χ1) is 10.0. The first-order valence-corrected chi connectivity index (χ1v) is 7.70. The van der Waals surface area contributed by atoms with E-state index >= 15 is 0 Å². The Morgan fingerprint density at radius 1 is 1.29 bits per heavy atom. The number of benzene rings is 1. The van der Waals surface area contributed by atoms with Gasteiger partial charge in [-0.25, -0.2) is 0 Å². The number of halogens is 2. The molecule has 0 fully saturated rings. The molecule has 2 rings (SSSR count). The summed E-state index contributed by atoms with van der Waals surface area (Å²) in [6.45, 7) is 3.59. The summed E-state index contributed by atoms with van der Waals surface area (Å²) in [6, 6.07) is 7.21. The summed E-state index contributed by atoms with van der Waals surface area (Å²) < 4.78 is 1.92. The molecule has 2 N–H and O–H groups in total. The van der Waals surface area contributed by atoms with E-state index in [0.29, 0.717) is 15.2 Å². The Morgan fingerprint density at radius 3 is 2.62 bits per heavy atom. The number of nitrogens with one attached hydrogen (secondary N) is 2. The lowest BCUT2D eigenvalue weighted by Crippen LogP contribution is -2.29. The molecule has 7 heteroatoms. The van der Waals surface area contributed by atoms with Gasteiger partial charge in [-0.1, -0.05) is 23.2 Å². The lowest BCUT2D eigenvalue weighted by atomic mass is 10.3. The summed E-state index contributed by atoms with van der Waals surface area (Å²) >= 11 is 17.1. The Kier molecular flexibility index (Phi) is 5.85. The van der Waals surface area contributed by atoms with Crippen molar-refractivity contribution in [1.82, 2.24) is 15.1 Å². The third-order valence-corrected chi connectivity index (χ3v) is 3.43. The first-order valence-electron chi connectivity index (χ1n) is 6.54. The lowest BCUT2D eigenvalue weighted by molar-refractivity contribution is 0.570. The molecule has 1 heterocycles. The zero-order valence-corrected chi connectivity index (χ0v) is 13.9. The van der Waals surface area contributed by atoms with Gasteiger partial charge in [0.05, 0.1) is 5.69 Å². The maximum absolute atomic E-state index is 5.93. The van der Waals surface area contributed by atoms with Crippen molar-refractivity contribution in [2.24, 2.45) is 0 Å². The average molecular weight is 343 g/mol. The molecule has 1 aromatic carbocycles. The zero-order chi connectivity index (χ0) is 15.2. The number of nitrogens with zero attached hydrogens (tertiary/aromatic N) is 2. The van der Waals surface area contributed by atoms with Crippen LogP contribution in [0, 0.1) is 6.92 Å². The van der Waals surface area contributed by atoms with Crippen LogP contribution in [0.5, 0.6) is 0 Å². The number of aromatic nitrogens is 2. The standard InChI is InChI=1S/C14H16Cl2N4S/c1-10-3-6-20(19-10)5-2-4-17-14(21)18-13-8-11(15)7-12(16)9-13/h3,6-9H,2,4-5H2,1H3,(H2,17,18,21). The predicted molar refractivity (Wildman–Crippen MR) is 92.3 cm³/mol. The van der Waals surface area contributed by atoms with E-state index in [-0.39, 0.29) is 0 Å². The summed E-state index contributed by atoms with van der Waals surface area (Å²) in [5.41, 5.74) is 1.80. The molecular formula is C14H16Cl2N4S. The number of aryl methyl sites for hydroxylation is 2. The molecule has 2 aromatic rings. The number of anilines is 1. The highest BCUT2D eigenvalue weighted by Gasteiger charge is 2.01. The van der Waals surface area contributed by atoms with Crippen LogP contribution in [0.2, 0.25) is 10.0 Å². The van der Waals surface area contributed by atoms with Crippen molar-refractivity contribution in [3.8, 4) is 0 Å². The van der Waals surface area contributed by atoms with E-state index < -0.39 is 0 Å². The van der Waals surface area contributed by atoms with Crippen molar-refractivity contribution < 1.29 is 0 Å². The molecule has 4 nitrogen and oxygen atoms in total. The topological polar surface area (TPSA) is 41.9 Å². The van der Waals surface area contributed by atoms with E-state index in [4.69, 9.17) is 35.4 Å². The molecule has 0 saturated carbocycles. The molecule has 21 heavy (non-hydrogen) atoms. The smallest absolute Gasteiger partial charge is 0.170 e. The fourth-order valence-corrected chi connectivity index (χ4v) is 2.58. The van der Waals surface area contributed by atoms with Gasteiger partial charge in [0, 0.05) is 35.0 Å². The normalized spacial score (nSPS) is 10.4. The van der Waals surface area contributed by atoms with Crippen molar-refractivity contribution >= 4 is 46.2 Å². The average Bonchev–Trinajstić information content (AvgIpc) is 2.79. The van der Waals surface area contributed by atoms with Crippen LogP contribution >= 0.6 is 35.4 Å². The third-order valence-electron chi connectivity index (χ3n) is 2.74. The lowest BCUT2D eigenvalue weighted by Gasteiger charge is -2.11. The van der Waals surface area contributed by atoms with Gasteiger partial charge >= 0.3 is 0 Å². The van der Waals surface area contributed by atoms with Crippen molar-refractivity contribution in [3.05, 3.63) is 46.2 Å². The number of hydrogen-bond acceptors (Lipinski definition) is 2. The first kappa shape index (κ1) is 16.1. The highest BCUT2D eigenvalue weighted by atomic mass is 35.5. The van der Waals surface area contributed by atoms with Gasteiger partial charge in [0.15, 0.2) is 5.11 Å². The van der Waals surface area contributed by atoms with Gasteiger partial charge in [-0.05, 0) is 49.8 Å². The Morgan fingerprint density at radius 2 is 2.00 bits per heavy atom. The van der Waals surface area contributed by atoms with E-state index in [2.05, 4.69) is 15.7 Å². The minimum atomic E-state index is 0.546. The van der Waals surface area contributed by atoms with Crippen molar-refractivity contribution in [3.63, 3.8) is 0 Å². The van der Waals surface area contributed by atoms with Gasteiger partial charge in [0.2, 0.25) is 0 Å². The Labute approximate surface area is 139 Å². The monoisotopic (exact) mass is 342 g/mol. The van der Waals surface area contributed by atoms with Crippen LogP contribution in [0.15, 0.2) is 30.5 Å². The Hall–Kier alpha value is -1.30. The van der Waals surface area contributed by atoms with Crippen LogP contribution in [0.1, 0.15) is 12.1 Å². The van der Waals surface area contributed by atoms with Crippen LogP contribution < -0.4 is 10.6 Å². The zero-order valence-electron chi connectivity index (χ0n) is 11.6. The van der Waals surface area contributed by atoms with Gasteiger partial charge in [-0.3, -0.25) is 4.68 Å². The number of hydrogen-bond donors (Lipinski definition) is 2. The van der Waals surface area contributed by atoms with Gasteiger partial charge in [0.1, 0.15) is 0 Å². The third kappa shape index (κ3) is 5.53. The van der Waals surface area contributed by atoms with Gasteiger partial charge in [-0.2, -0.15) is 5.10 Å². The second-order valence-electron chi connectivity index (χ2n) is 4.61. The number of rotatable bonds is 5. The Bertz CT molecular complexity index is 607. The second-order valence-corrected chi connectivity index (χ2v) is 5.89. The summed E-state index contributed by atoms with van der Waals surface area (Å²) in [6.07, 6.45) is 2.90. The fraction of sp³-hybridized carbons (Fsp3) is 0.286. The second kappa shape index (κ2) is 7.64. The number of thiocarbonyl (C=S) groups is 1. The van der Waals surface area contributed by atoms with Crippen LogP contribution in [0.25, 0.3) is 0 Å². The predicted octanol–water partition coefficient (Wildman–Crippen LogP) is 3.88. The summed E-state index contributed by atoms with van der Waals surface area (Å²) in [5, 5.41) is 12.2. The SMILES string of the molecule is Cc1ccn(CCCNC(=S)Nc2cc(Cl)cc(Cl)c2)n1. The van der Waals surface area contributed by atoms with Crippen molar-refractivity contribution in [2.45, 2.75) is 19.9 Å². The Balaban J connectivity index is 1.72. The van der Waals surface area contributed by atoms with Crippen LogP contribution in [-0.2, 0) is 6.54 Å². The summed E-state index contributed by atoms with van der Waals surface area (Å²) in [4.78, 5) is 0. The van der Waals surface area contributed by atoms with Crippen molar-refractivity contribution in [1.29, 1.82) is 0 Å². The molecule has 0 amide bonds. The maximum Gasteiger partial charge on any atom is 0.170 e. The van der Waals surface area contributed by atoms with E-state index in [1.807, 2.05) is 23.9 Å². The minimum Gasteiger partial charge on any atom is -0.362 e. The largest absolute Gasteiger partial charge is 0.362 e. The molecule has 0 unspecified atom stereocenters. The molecule has 1 aromatic heterocycles. The van der Waals surface area contributed by atoms with E-state index in [9.17, 15) is 0 Å². The molecule has 0 radical (unpaired) electrons. The molecule has 112 valence electrons. The van der Waals surface area contributed by atoms with Gasteiger partial charge in [0.25, 0.3) is 0 Å². The van der Waals surface area contributed by atoms with E-state index in [0.717, 1.165) is 30.9 Å². The van der Waals surface area contributed by atoms with Crippen LogP contribution in [0.4, 0.5) is 5.69 Å². The molecule has 0 atom stereocenters. The molecular weight excluding hydrogens is 327 g/mol. The van der Waals surface area contributed by atoms with E-state index in [1.54, 1.807) is 18.2 Å². The molecule has 0 aliphatic rings. The summed E-state index contributed by atoms with van der Waals surface area (Å²) in [7, 11) is 0. The van der Waals surface area contributed by atoms with E-state index in [1.165, 1.54) is 0 Å². The van der Waals surface area contributed by atoms with Gasteiger partial charge in [-0.15, -0.1) is 0 Å². The van der Waals surface area contributed by atoms with Gasteiger partial charge < -0.3 is 10.6 Å². The molecule has 0 saturated heterocycles. The fourth-order valence-electron chi connectivity index (χ4n) is 1.83. The quantitative estimate of drug-likeness (QED) is 0.639. The minimum absolute atomic E-state index is 0.546. The summed E-state index contributed by atoms with van der Waals surface area (Å²) in [5.74, 6) is 0. The van der Waals surface area contributed by atoms with Crippen LogP contribution in [-0.4, -0.2) is 21.4 Å². The highest BCUT2D eigenvalue weighted by molar-refractivity contribution is 7.80. The van der Waals surface area contributed by atoms with Crippen LogP contribution in [0.3, 0.4) is 0 Å². The highest BCUT2D eigenvalue weighted by Crippen LogP contribution is 2.22. The van der Waals surface area contributed by atoms with Crippen molar-refractivity contribution in [2.75, 3.05) is 11.9 Å².